The van der Waals surface area contributed by atoms with Crippen LogP contribution in [0.3, 0.4) is 0 Å². The van der Waals surface area contributed by atoms with E-state index in [1.807, 2.05) is 23.2 Å². The first-order valence-electron chi connectivity index (χ1n) is 7.06. The molecule has 2 rings (SSSR count). The van der Waals surface area contributed by atoms with Gasteiger partial charge in [0.05, 0.1) is 5.69 Å². The van der Waals surface area contributed by atoms with Crippen molar-refractivity contribution in [2.24, 2.45) is 11.7 Å². The Balaban J connectivity index is 2.27. The van der Waals surface area contributed by atoms with E-state index in [0.29, 0.717) is 12.5 Å². The number of rotatable bonds is 5. The van der Waals surface area contributed by atoms with Gasteiger partial charge in [-0.25, -0.2) is 9.67 Å². The van der Waals surface area contributed by atoms with Crippen LogP contribution in [0.5, 0.6) is 0 Å². The van der Waals surface area contributed by atoms with E-state index in [9.17, 15) is 0 Å². The largest absolute Gasteiger partial charge is 0.324 e. The maximum Gasteiger partial charge on any atom is 0.148 e. The van der Waals surface area contributed by atoms with Crippen molar-refractivity contribution in [3.63, 3.8) is 0 Å². The van der Waals surface area contributed by atoms with Crippen molar-refractivity contribution < 1.29 is 0 Å². The summed E-state index contributed by atoms with van der Waals surface area (Å²) in [5.41, 5.74) is 9.24. The fourth-order valence-corrected chi connectivity index (χ4v) is 2.57. The van der Waals surface area contributed by atoms with Gasteiger partial charge in [0.2, 0.25) is 0 Å². The zero-order valence-electron chi connectivity index (χ0n) is 13.0. The molecule has 0 saturated carbocycles. The molecule has 0 aliphatic carbocycles. The van der Waals surface area contributed by atoms with Crippen LogP contribution in [0.1, 0.15) is 49.6 Å². The predicted molar refractivity (Wildman–Crippen MR) is 78.3 cm³/mol. The highest BCUT2D eigenvalue weighted by molar-refractivity contribution is 5.27. The van der Waals surface area contributed by atoms with Gasteiger partial charge in [0.1, 0.15) is 18.7 Å². The molecule has 0 radical (unpaired) electrons. The Morgan fingerprint density at radius 2 is 1.90 bits per heavy atom. The molecule has 110 valence electrons. The number of nitrogens with zero attached hydrogens (tertiary/aromatic N) is 5. The minimum atomic E-state index is -0.00251. The molecule has 2 N–H and O–H groups in total. The fraction of sp³-hybridized carbons (Fsp3) is 0.643. The second-order valence-corrected chi connectivity index (χ2v) is 5.78. The van der Waals surface area contributed by atoms with Crippen molar-refractivity contribution in [2.75, 3.05) is 0 Å². The third kappa shape index (κ3) is 2.90. The van der Waals surface area contributed by atoms with E-state index in [-0.39, 0.29) is 6.04 Å². The highest BCUT2D eigenvalue weighted by Crippen LogP contribution is 2.20. The first kappa shape index (κ1) is 14.7. The van der Waals surface area contributed by atoms with E-state index in [2.05, 4.69) is 36.0 Å². The first-order chi connectivity index (χ1) is 9.40. The number of nitrogens with two attached hydrogens (primary N) is 1. The lowest BCUT2D eigenvalue weighted by atomic mass is 10.1. The van der Waals surface area contributed by atoms with Gasteiger partial charge in [-0.05, 0) is 26.7 Å². The molecule has 0 aliphatic heterocycles. The Hall–Kier alpha value is -1.69. The molecule has 2 aromatic rings. The highest BCUT2D eigenvalue weighted by atomic mass is 15.4. The van der Waals surface area contributed by atoms with Crippen LogP contribution in [0.4, 0.5) is 0 Å². The Bertz CT molecular complexity index is 578. The zero-order valence-corrected chi connectivity index (χ0v) is 13.0. The number of hydrogen-bond donors (Lipinski definition) is 1. The van der Waals surface area contributed by atoms with E-state index >= 15 is 0 Å². The van der Waals surface area contributed by atoms with E-state index in [1.165, 1.54) is 0 Å². The third-order valence-electron chi connectivity index (χ3n) is 3.42. The molecule has 0 amide bonds. The summed E-state index contributed by atoms with van der Waals surface area (Å²) in [5.74, 6) is 1.47. The molecule has 1 atom stereocenters. The summed E-state index contributed by atoms with van der Waals surface area (Å²) in [7, 11) is 0. The molecule has 0 spiro atoms. The molecule has 20 heavy (non-hydrogen) atoms. The molecular formula is C14H24N6. The van der Waals surface area contributed by atoms with Crippen molar-refractivity contribution >= 4 is 0 Å². The molecule has 0 aromatic carbocycles. The van der Waals surface area contributed by atoms with Crippen molar-refractivity contribution in [2.45, 2.75) is 53.8 Å². The summed E-state index contributed by atoms with van der Waals surface area (Å²) in [6, 6.07) is -0.00251. The van der Waals surface area contributed by atoms with Crippen LogP contribution in [-0.4, -0.2) is 24.5 Å². The smallest absolute Gasteiger partial charge is 0.148 e. The van der Waals surface area contributed by atoms with Crippen molar-refractivity contribution in [1.82, 2.24) is 24.5 Å². The highest BCUT2D eigenvalue weighted by Gasteiger charge is 2.16. The standard InChI is InChI=1S/C14H24N6/c1-9(2)6-20-13(16-8-17-20)7-19-12(5)14(10(3)15)11(4)18-19/h8-10H,6-7,15H2,1-5H3. The summed E-state index contributed by atoms with van der Waals surface area (Å²) in [6.45, 7) is 11.9. The molecule has 2 heterocycles. The molecule has 0 fully saturated rings. The van der Waals surface area contributed by atoms with Gasteiger partial charge >= 0.3 is 0 Å². The number of aromatic nitrogens is 5. The Morgan fingerprint density at radius 1 is 1.20 bits per heavy atom. The van der Waals surface area contributed by atoms with Crippen molar-refractivity contribution in [1.29, 1.82) is 0 Å². The van der Waals surface area contributed by atoms with Gasteiger partial charge in [-0.1, -0.05) is 13.8 Å². The lowest BCUT2D eigenvalue weighted by Gasteiger charge is -2.10. The normalized spacial score (nSPS) is 13.2. The molecular weight excluding hydrogens is 252 g/mol. The quantitative estimate of drug-likeness (QED) is 0.904. The molecule has 2 aromatic heterocycles. The monoisotopic (exact) mass is 276 g/mol. The van der Waals surface area contributed by atoms with Crippen LogP contribution in [0.15, 0.2) is 6.33 Å². The van der Waals surface area contributed by atoms with Gasteiger partial charge in [-0.3, -0.25) is 4.68 Å². The number of hydrogen-bond acceptors (Lipinski definition) is 4. The van der Waals surface area contributed by atoms with Gasteiger partial charge in [0, 0.05) is 23.8 Å². The Kier molecular flexibility index (Phi) is 4.23. The summed E-state index contributed by atoms with van der Waals surface area (Å²) in [5, 5.41) is 8.87. The molecule has 0 saturated heterocycles. The van der Waals surface area contributed by atoms with E-state index in [0.717, 1.165) is 29.3 Å². The second kappa shape index (κ2) is 5.75. The average molecular weight is 276 g/mol. The van der Waals surface area contributed by atoms with Crippen LogP contribution in [0, 0.1) is 19.8 Å². The number of aryl methyl sites for hydroxylation is 1. The summed E-state index contributed by atoms with van der Waals surface area (Å²) in [6.07, 6.45) is 1.61. The van der Waals surface area contributed by atoms with Crippen LogP contribution >= 0.6 is 0 Å². The predicted octanol–water partition coefficient (Wildman–Crippen LogP) is 1.82. The van der Waals surface area contributed by atoms with E-state index in [4.69, 9.17) is 5.73 Å². The zero-order chi connectivity index (χ0) is 14.9. The molecule has 0 aliphatic rings. The van der Waals surface area contributed by atoms with Crippen LogP contribution in [0.2, 0.25) is 0 Å². The SMILES string of the molecule is Cc1nn(Cc2ncnn2CC(C)C)c(C)c1C(C)N. The van der Waals surface area contributed by atoms with Gasteiger partial charge in [-0.2, -0.15) is 10.2 Å². The first-order valence-corrected chi connectivity index (χ1v) is 7.06. The fourth-order valence-electron chi connectivity index (χ4n) is 2.57. The lowest BCUT2D eigenvalue weighted by molar-refractivity contribution is 0.455. The molecule has 1 unspecified atom stereocenters. The topological polar surface area (TPSA) is 74.5 Å². The van der Waals surface area contributed by atoms with Gasteiger partial charge in [0.25, 0.3) is 0 Å². The van der Waals surface area contributed by atoms with Crippen LogP contribution in [0.25, 0.3) is 0 Å². The summed E-state index contributed by atoms with van der Waals surface area (Å²) in [4.78, 5) is 4.35. The summed E-state index contributed by atoms with van der Waals surface area (Å²) >= 11 is 0. The Labute approximate surface area is 120 Å². The van der Waals surface area contributed by atoms with Crippen LogP contribution < -0.4 is 5.73 Å². The maximum atomic E-state index is 6.01. The Morgan fingerprint density at radius 3 is 2.45 bits per heavy atom. The lowest BCUT2D eigenvalue weighted by Crippen LogP contribution is -2.15. The van der Waals surface area contributed by atoms with Gasteiger partial charge < -0.3 is 5.73 Å². The van der Waals surface area contributed by atoms with Gasteiger partial charge in [0.15, 0.2) is 0 Å². The van der Waals surface area contributed by atoms with E-state index in [1.54, 1.807) is 6.33 Å². The van der Waals surface area contributed by atoms with Gasteiger partial charge in [-0.15, -0.1) is 0 Å². The molecule has 6 nitrogen and oxygen atoms in total. The third-order valence-corrected chi connectivity index (χ3v) is 3.42. The molecule has 6 heteroatoms. The minimum absolute atomic E-state index is 0.00251. The van der Waals surface area contributed by atoms with Crippen molar-refractivity contribution in [3.05, 3.63) is 29.1 Å². The maximum absolute atomic E-state index is 6.01. The van der Waals surface area contributed by atoms with Crippen molar-refractivity contribution in [3.8, 4) is 0 Å². The second-order valence-electron chi connectivity index (χ2n) is 5.78. The van der Waals surface area contributed by atoms with Crippen LogP contribution in [-0.2, 0) is 13.1 Å². The van der Waals surface area contributed by atoms with E-state index < -0.39 is 0 Å². The minimum Gasteiger partial charge on any atom is -0.324 e. The average Bonchev–Trinajstić information content (AvgIpc) is 2.85. The molecule has 0 bridgehead atoms. The summed E-state index contributed by atoms with van der Waals surface area (Å²) < 4.78 is 3.92.